The van der Waals surface area contributed by atoms with Crippen LogP contribution in [-0.4, -0.2) is 42.4 Å². The lowest BCUT2D eigenvalue weighted by Gasteiger charge is -2.29. The number of carbonyl (C=O) groups excluding carboxylic acids is 2. The summed E-state index contributed by atoms with van der Waals surface area (Å²) in [5.41, 5.74) is 1.22. The van der Waals surface area contributed by atoms with E-state index in [1.807, 2.05) is 6.07 Å². The minimum Gasteiger partial charge on any atom is -0.346 e. The summed E-state index contributed by atoms with van der Waals surface area (Å²) in [5.74, 6) is -1.00. The molecule has 0 radical (unpaired) electrons. The number of likely N-dealkylation sites (tertiary alicyclic amines) is 1. The number of fused-ring (bicyclic) bond motifs is 1. The van der Waals surface area contributed by atoms with Gasteiger partial charge in [-0.25, -0.2) is 0 Å². The fraction of sp³-hybridized carbons (Fsp3) is 0.500. The van der Waals surface area contributed by atoms with Gasteiger partial charge in [-0.05, 0) is 55.1 Å². The molecule has 1 aliphatic heterocycles. The fourth-order valence-corrected chi connectivity index (χ4v) is 4.80. The minimum atomic E-state index is -0.514. The third kappa shape index (κ3) is 4.78. The van der Waals surface area contributed by atoms with Crippen LogP contribution >= 0.6 is 0 Å². The average Bonchev–Trinajstić information content (AvgIpc) is 3.29. The van der Waals surface area contributed by atoms with Gasteiger partial charge >= 0.3 is 11.8 Å². The van der Waals surface area contributed by atoms with Gasteiger partial charge in [-0.1, -0.05) is 61.7 Å². The quantitative estimate of drug-likeness (QED) is 0.764. The minimum absolute atomic E-state index is 0.0787. The maximum atomic E-state index is 12.5. The summed E-state index contributed by atoms with van der Waals surface area (Å²) in [6.07, 6.45) is 7.79. The molecule has 154 valence electrons. The predicted octanol–water partition coefficient (Wildman–Crippen LogP) is 3.54. The maximum absolute atomic E-state index is 12.5. The molecule has 1 aliphatic carbocycles. The molecule has 4 rings (SSSR count). The SMILES string of the molecule is O=C(NC[C@H](c1cccc2ccccc12)N1CCCC1)C(=O)NC1CCCCC1. The Morgan fingerprint density at radius 2 is 1.62 bits per heavy atom. The Hall–Kier alpha value is -2.40. The number of rotatable bonds is 5. The summed E-state index contributed by atoms with van der Waals surface area (Å²) in [4.78, 5) is 27.3. The van der Waals surface area contributed by atoms with Gasteiger partial charge in [0.2, 0.25) is 0 Å². The van der Waals surface area contributed by atoms with E-state index in [1.165, 1.54) is 35.6 Å². The first-order valence-corrected chi connectivity index (χ1v) is 11.0. The summed E-state index contributed by atoms with van der Waals surface area (Å²) in [6.45, 7) is 2.50. The highest BCUT2D eigenvalue weighted by atomic mass is 16.2. The second-order valence-corrected chi connectivity index (χ2v) is 8.35. The Balaban J connectivity index is 1.46. The highest BCUT2D eigenvalue weighted by Crippen LogP contribution is 2.30. The van der Waals surface area contributed by atoms with Crippen molar-refractivity contribution in [2.24, 2.45) is 0 Å². The highest BCUT2D eigenvalue weighted by molar-refractivity contribution is 6.35. The van der Waals surface area contributed by atoms with Crippen molar-refractivity contribution in [2.45, 2.75) is 57.0 Å². The van der Waals surface area contributed by atoms with Crippen molar-refractivity contribution >= 4 is 22.6 Å². The lowest BCUT2D eigenvalue weighted by Crippen LogP contribution is -2.47. The standard InChI is InChI=1S/C24H31N3O2/c28-23(24(29)26-19-11-2-1-3-12-19)25-17-22(27-15-6-7-16-27)21-14-8-10-18-9-4-5-13-20(18)21/h4-5,8-10,13-14,19,22H,1-3,6-7,11-12,15-17H2,(H,25,28)(H,26,29)/t22-/m1/s1. The van der Waals surface area contributed by atoms with E-state index < -0.39 is 11.8 Å². The predicted molar refractivity (Wildman–Crippen MR) is 116 cm³/mol. The summed E-state index contributed by atoms with van der Waals surface area (Å²) in [6, 6.07) is 15.0. The van der Waals surface area contributed by atoms with Gasteiger partial charge in [0.1, 0.15) is 0 Å². The van der Waals surface area contributed by atoms with Crippen LogP contribution in [-0.2, 0) is 9.59 Å². The van der Waals surface area contributed by atoms with E-state index in [9.17, 15) is 9.59 Å². The van der Waals surface area contributed by atoms with E-state index in [1.54, 1.807) is 0 Å². The van der Waals surface area contributed by atoms with Crippen molar-refractivity contribution in [2.75, 3.05) is 19.6 Å². The third-order valence-corrected chi connectivity index (χ3v) is 6.37. The molecule has 0 spiro atoms. The zero-order valence-electron chi connectivity index (χ0n) is 17.0. The molecule has 29 heavy (non-hydrogen) atoms. The molecule has 5 nitrogen and oxygen atoms in total. The number of carbonyl (C=O) groups is 2. The van der Waals surface area contributed by atoms with Crippen LogP contribution in [0, 0.1) is 0 Å². The average molecular weight is 394 g/mol. The van der Waals surface area contributed by atoms with E-state index in [-0.39, 0.29) is 12.1 Å². The molecule has 1 saturated carbocycles. The van der Waals surface area contributed by atoms with Gasteiger partial charge in [-0.2, -0.15) is 0 Å². The first-order valence-electron chi connectivity index (χ1n) is 11.0. The van der Waals surface area contributed by atoms with Gasteiger partial charge in [0.15, 0.2) is 0 Å². The number of benzene rings is 2. The zero-order valence-corrected chi connectivity index (χ0v) is 17.0. The summed E-state index contributed by atoms with van der Waals surface area (Å²) < 4.78 is 0. The molecule has 2 aromatic carbocycles. The van der Waals surface area contributed by atoms with Crippen LogP contribution in [0.15, 0.2) is 42.5 Å². The summed E-state index contributed by atoms with van der Waals surface area (Å²) >= 11 is 0. The Labute approximate surface area is 172 Å². The smallest absolute Gasteiger partial charge is 0.309 e. The van der Waals surface area contributed by atoms with Crippen molar-refractivity contribution in [3.8, 4) is 0 Å². The van der Waals surface area contributed by atoms with E-state index in [0.717, 1.165) is 38.8 Å². The van der Waals surface area contributed by atoms with Gasteiger partial charge in [-0.3, -0.25) is 14.5 Å². The number of amides is 2. The maximum Gasteiger partial charge on any atom is 0.309 e. The van der Waals surface area contributed by atoms with Crippen LogP contribution in [0.2, 0.25) is 0 Å². The third-order valence-electron chi connectivity index (χ3n) is 6.37. The molecule has 1 heterocycles. The van der Waals surface area contributed by atoms with Gasteiger partial charge < -0.3 is 10.6 Å². The normalized spacial score (nSPS) is 19.2. The molecule has 0 aromatic heterocycles. The van der Waals surface area contributed by atoms with Gasteiger partial charge in [0.25, 0.3) is 0 Å². The lowest BCUT2D eigenvalue weighted by molar-refractivity contribution is -0.139. The molecule has 0 unspecified atom stereocenters. The zero-order chi connectivity index (χ0) is 20.1. The van der Waals surface area contributed by atoms with Gasteiger partial charge in [0.05, 0.1) is 6.04 Å². The monoisotopic (exact) mass is 393 g/mol. The summed E-state index contributed by atoms with van der Waals surface area (Å²) in [5, 5.41) is 8.26. The number of hydrogen-bond donors (Lipinski definition) is 2. The lowest BCUT2D eigenvalue weighted by atomic mass is 9.95. The van der Waals surface area contributed by atoms with E-state index in [4.69, 9.17) is 0 Å². The molecule has 2 fully saturated rings. The van der Waals surface area contributed by atoms with Crippen LogP contribution in [0.4, 0.5) is 0 Å². The highest BCUT2D eigenvalue weighted by Gasteiger charge is 2.27. The summed E-state index contributed by atoms with van der Waals surface area (Å²) in [7, 11) is 0. The molecule has 1 saturated heterocycles. The van der Waals surface area contributed by atoms with Crippen LogP contribution in [0.5, 0.6) is 0 Å². The fourth-order valence-electron chi connectivity index (χ4n) is 4.80. The van der Waals surface area contributed by atoms with Crippen molar-refractivity contribution in [1.82, 2.24) is 15.5 Å². The van der Waals surface area contributed by atoms with E-state index >= 15 is 0 Å². The first kappa shape index (κ1) is 19.9. The second kappa shape index (κ2) is 9.40. The Morgan fingerprint density at radius 3 is 2.41 bits per heavy atom. The van der Waals surface area contributed by atoms with Crippen molar-refractivity contribution in [1.29, 1.82) is 0 Å². The number of nitrogens with zero attached hydrogens (tertiary/aromatic N) is 1. The molecule has 5 heteroatoms. The Bertz CT molecular complexity index is 849. The Morgan fingerprint density at radius 1 is 0.897 bits per heavy atom. The van der Waals surface area contributed by atoms with Crippen molar-refractivity contribution in [3.05, 3.63) is 48.0 Å². The van der Waals surface area contributed by atoms with Crippen LogP contribution in [0.25, 0.3) is 10.8 Å². The van der Waals surface area contributed by atoms with Gasteiger partial charge in [-0.15, -0.1) is 0 Å². The van der Waals surface area contributed by atoms with E-state index in [0.29, 0.717) is 6.54 Å². The first-order chi connectivity index (χ1) is 14.2. The molecule has 0 bridgehead atoms. The second-order valence-electron chi connectivity index (χ2n) is 8.35. The van der Waals surface area contributed by atoms with Crippen LogP contribution in [0.1, 0.15) is 56.6 Å². The van der Waals surface area contributed by atoms with E-state index in [2.05, 4.69) is 51.9 Å². The molecule has 2 amide bonds. The Kier molecular flexibility index (Phi) is 6.45. The van der Waals surface area contributed by atoms with Crippen molar-refractivity contribution in [3.63, 3.8) is 0 Å². The molecule has 1 atom stereocenters. The largest absolute Gasteiger partial charge is 0.346 e. The topological polar surface area (TPSA) is 61.4 Å². The number of nitrogens with one attached hydrogen (secondary N) is 2. The van der Waals surface area contributed by atoms with Crippen LogP contribution in [0.3, 0.4) is 0 Å². The molecular formula is C24H31N3O2. The number of hydrogen-bond acceptors (Lipinski definition) is 3. The van der Waals surface area contributed by atoms with Gasteiger partial charge in [0, 0.05) is 12.6 Å². The van der Waals surface area contributed by atoms with Crippen LogP contribution < -0.4 is 10.6 Å². The molecule has 2 N–H and O–H groups in total. The molecule has 2 aromatic rings. The van der Waals surface area contributed by atoms with Crippen molar-refractivity contribution < 1.29 is 9.59 Å². The molecule has 2 aliphatic rings. The molecular weight excluding hydrogens is 362 g/mol.